The normalized spacial score (nSPS) is 10.6. The molecule has 0 aliphatic carbocycles. The first-order chi connectivity index (χ1) is 8.11. The van der Waals surface area contributed by atoms with Gasteiger partial charge in [-0.3, -0.25) is 0 Å². The van der Waals surface area contributed by atoms with Crippen molar-refractivity contribution in [3.63, 3.8) is 0 Å². The van der Waals surface area contributed by atoms with Crippen LogP contribution in [0.3, 0.4) is 0 Å². The lowest BCUT2D eigenvalue weighted by Gasteiger charge is -2.05. The van der Waals surface area contributed by atoms with Crippen molar-refractivity contribution >= 4 is 28.8 Å². The van der Waals surface area contributed by atoms with E-state index in [2.05, 4.69) is 9.97 Å². The van der Waals surface area contributed by atoms with Crippen LogP contribution in [0.25, 0.3) is 11.0 Å². The zero-order valence-electron chi connectivity index (χ0n) is 9.04. The highest BCUT2D eigenvalue weighted by atomic mass is 32.2. The molecular weight excluding hydrogens is 240 g/mol. The molecule has 88 valence electrons. The first-order valence-electron chi connectivity index (χ1n) is 4.98. The number of fused-ring (bicyclic) bond motifs is 1. The Kier molecular flexibility index (Phi) is 3.14. The third-order valence-electron chi connectivity index (χ3n) is 2.10. The number of aromatic hydroxyl groups is 1. The van der Waals surface area contributed by atoms with Gasteiger partial charge in [-0.1, -0.05) is 6.92 Å². The van der Waals surface area contributed by atoms with Gasteiger partial charge in [-0.05, 0) is 17.9 Å². The summed E-state index contributed by atoms with van der Waals surface area (Å²) in [5, 5.41) is 18.8. The third-order valence-corrected chi connectivity index (χ3v) is 2.95. The second kappa shape index (κ2) is 4.58. The summed E-state index contributed by atoms with van der Waals surface area (Å²) in [6, 6.07) is 4.47. The van der Waals surface area contributed by atoms with Gasteiger partial charge in [-0.2, -0.15) is 0 Å². The summed E-state index contributed by atoms with van der Waals surface area (Å²) >= 11 is 1.31. The predicted octanol–water partition coefficient (Wildman–Crippen LogP) is 2.15. The number of rotatable bonds is 3. The van der Waals surface area contributed by atoms with E-state index in [4.69, 9.17) is 5.11 Å². The van der Waals surface area contributed by atoms with Crippen LogP contribution in [0.4, 0.5) is 0 Å². The van der Waals surface area contributed by atoms with Crippen LogP contribution in [0.2, 0.25) is 0 Å². The second-order valence-corrected chi connectivity index (χ2v) is 4.54. The summed E-state index contributed by atoms with van der Waals surface area (Å²) in [6.45, 7) is 1.91. The molecule has 1 heterocycles. The lowest BCUT2D eigenvalue weighted by atomic mass is 10.3. The summed E-state index contributed by atoms with van der Waals surface area (Å²) in [4.78, 5) is 19.3. The topological polar surface area (TPSA) is 83.3 Å². The number of aromatic carboxylic acids is 1. The van der Waals surface area contributed by atoms with E-state index in [1.54, 1.807) is 6.07 Å². The van der Waals surface area contributed by atoms with Gasteiger partial charge in [0, 0.05) is 6.07 Å². The number of benzene rings is 1. The summed E-state index contributed by atoms with van der Waals surface area (Å²) in [5.74, 6) is -0.301. The van der Waals surface area contributed by atoms with Crippen molar-refractivity contribution in [2.45, 2.75) is 11.9 Å². The fourth-order valence-corrected chi connectivity index (χ4v) is 2.11. The SMILES string of the molecule is CCSc1nc2cc(O)ccc2nc1C(=O)O. The maximum absolute atomic E-state index is 11.0. The highest BCUT2D eigenvalue weighted by Gasteiger charge is 2.15. The molecule has 0 aliphatic heterocycles. The number of thioether (sulfide) groups is 1. The van der Waals surface area contributed by atoms with Gasteiger partial charge in [-0.15, -0.1) is 11.8 Å². The zero-order valence-corrected chi connectivity index (χ0v) is 9.86. The Labute approximate surface area is 102 Å². The molecule has 2 rings (SSSR count). The molecule has 0 aliphatic rings. The van der Waals surface area contributed by atoms with Crippen molar-refractivity contribution in [3.8, 4) is 5.75 Å². The number of hydrogen-bond acceptors (Lipinski definition) is 5. The molecule has 1 aromatic carbocycles. The van der Waals surface area contributed by atoms with Crippen LogP contribution in [-0.2, 0) is 0 Å². The van der Waals surface area contributed by atoms with Gasteiger partial charge in [0.2, 0.25) is 0 Å². The number of phenols is 1. The van der Waals surface area contributed by atoms with E-state index in [9.17, 15) is 9.90 Å². The van der Waals surface area contributed by atoms with Gasteiger partial charge in [0.15, 0.2) is 5.69 Å². The Balaban J connectivity index is 2.67. The van der Waals surface area contributed by atoms with Crippen LogP contribution in [0, 0.1) is 0 Å². The molecule has 0 spiro atoms. The molecule has 0 saturated carbocycles. The lowest BCUT2D eigenvalue weighted by molar-refractivity contribution is 0.0686. The Bertz CT molecular complexity index is 586. The smallest absolute Gasteiger partial charge is 0.357 e. The molecule has 0 saturated heterocycles. The first-order valence-corrected chi connectivity index (χ1v) is 5.97. The molecule has 17 heavy (non-hydrogen) atoms. The highest BCUT2D eigenvalue weighted by molar-refractivity contribution is 7.99. The van der Waals surface area contributed by atoms with Crippen LogP contribution >= 0.6 is 11.8 Å². The van der Waals surface area contributed by atoms with E-state index in [0.717, 1.165) is 0 Å². The van der Waals surface area contributed by atoms with Crippen LogP contribution in [0.1, 0.15) is 17.4 Å². The minimum absolute atomic E-state index is 0.0463. The molecule has 5 nitrogen and oxygen atoms in total. The number of carbonyl (C=O) groups is 1. The van der Waals surface area contributed by atoms with Crippen molar-refractivity contribution in [1.82, 2.24) is 9.97 Å². The molecule has 0 bridgehead atoms. The third kappa shape index (κ3) is 2.31. The quantitative estimate of drug-likeness (QED) is 0.812. The summed E-state index contributed by atoms with van der Waals surface area (Å²) in [7, 11) is 0. The van der Waals surface area contributed by atoms with Crippen molar-refractivity contribution in [1.29, 1.82) is 0 Å². The van der Waals surface area contributed by atoms with Crippen molar-refractivity contribution in [3.05, 3.63) is 23.9 Å². The Morgan fingerprint density at radius 1 is 1.35 bits per heavy atom. The minimum atomic E-state index is -1.09. The maximum Gasteiger partial charge on any atom is 0.357 e. The van der Waals surface area contributed by atoms with Crippen molar-refractivity contribution in [2.75, 3.05) is 5.75 Å². The predicted molar refractivity (Wildman–Crippen MR) is 64.6 cm³/mol. The lowest BCUT2D eigenvalue weighted by Crippen LogP contribution is -2.05. The molecule has 0 radical (unpaired) electrons. The van der Waals surface area contributed by atoms with Crippen molar-refractivity contribution in [2.24, 2.45) is 0 Å². The Morgan fingerprint density at radius 2 is 2.12 bits per heavy atom. The molecule has 2 aromatic rings. The number of aromatic nitrogens is 2. The molecule has 6 heteroatoms. The van der Waals surface area contributed by atoms with Crippen LogP contribution in [0.5, 0.6) is 5.75 Å². The highest BCUT2D eigenvalue weighted by Crippen LogP contribution is 2.24. The largest absolute Gasteiger partial charge is 0.508 e. The van der Waals surface area contributed by atoms with E-state index in [1.807, 2.05) is 6.92 Å². The first kappa shape index (κ1) is 11.7. The number of carboxylic acid groups (broad SMARTS) is 1. The number of carboxylic acids is 1. The van der Waals surface area contributed by atoms with Gasteiger partial charge < -0.3 is 10.2 Å². The summed E-state index contributed by atoms with van der Waals surface area (Å²) in [6.07, 6.45) is 0. The number of nitrogens with zero attached hydrogens (tertiary/aromatic N) is 2. The molecule has 0 amide bonds. The average molecular weight is 250 g/mol. The van der Waals surface area contributed by atoms with Gasteiger partial charge in [-0.25, -0.2) is 14.8 Å². The number of hydrogen-bond donors (Lipinski definition) is 2. The Hall–Kier alpha value is -1.82. The van der Waals surface area contributed by atoms with Gasteiger partial charge in [0.1, 0.15) is 10.8 Å². The van der Waals surface area contributed by atoms with Crippen molar-refractivity contribution < 1.29 is 15.0 Å². The van der Waals surface area contributed by atoms with E-state index in [-0.39, 0.29) is 11.4 Å². The standard InChI is InChI=1S/C11H10N2O3S/c1-2-17-10-9(11(15)16)12-7-4-3-6(14)5-8(7)13-10/h3-5,14H,2H2,1H3,(H,15,16). The molecule has 0 fully saturated rings. The van der Waals surface area contributed by atoms with E-state index in [0.29, 0.717) is 21.8 Å². The maximum atomic E-state index is 11.0. The van der Waals surface area contributed by atoms with Gasteiger partial charge in [0.25, 0.3) is 0 Å². The van der Waals surface area contributed by atoms with Gasteiger partial charge >= 0.3 is 5.97 Å². The second-order valence-electron chi connectivity index (χ2n) is 3.29. The van der Waals surface area contributed by atoms with E-state index >= 15 is 0 Å². The van der Waals surface area contributed by atoms with E-state index < -0.39 is 5.97 Å². The van der Waals surface area contributed by atoms with Gasteiger partial charge in [0.05, 0.1) is 11.0 Å². The van der Waals surface area contributed by atoms with Crippen LogP contribution < -0.4 is 0 Å². The fourth-order valence-electron chi connectivity index (χ4n) is 1.40. The molecule has 0 unspecified atom stereocenters. The van der Waals surface area contributed by atoms with Crippen LogP contribution in [-0.4, -0.2) is 31.9 Å². The number of phenolic OH excluding ortho intramolecular Hbond substituents is 1. The molecule has 1 aromatic heterocycles. The Morgan fingerprint density at radius 3 is 2.76 bits per heavy atom. The molecular formula is C11H10N2O3S. The zero-order chi connectivity index (χ0) is 12.4. The summed E-state index contributed by atoms with van der Waals surface area (Å²) in [5.41, 5.74) is 0.904. The summed E-state index contributed by atoms with van der Waals surface area (Å²) < 4.78 is 0. The molecule has 2 N–H and O–H groups in total. The average Bonchev–Trinajstić information content (AvgIpc) is 2.28. The fraction of sp³-hybridized carbons (Fsp3) is 0.182. The van der Waals surface area contributed by atoms with E-state index in [1.165, 1.54) is 23.9 Å². The van der Waals surface area contributed by atoms with Crippen LogP contribution in [0.15, 0.2) is 23.2 Å². The minimum Gasteiger partial charge on any atom is -0.508 e. The monoisotopic (exact) mass is 250 g/mol. The molecule has 0 atom stereocenters.